The first kappa shape index (κ1) is 12.3. The topological polar surface area (TPSA) is 68.7 Å². The minimum atomic E-state index is -0.646. The second-order valence-electron chi connectivity index (χ2n) is 3.96. The van der Waals surface area contributed by atoms with Gasteiger partial charge in [0.05, 0.1) is 5.52 Å². The molecule has 0 amide bonds. The highest BCUT2D eigenvalue weighted by atomic mass is 35.5. The van der Waals surface area contributed by atoms with Crippen molar-refractivity contribution in [3.05, 3.63) is 28.4 Å². The zero-order valence-corrected chi connectivity index (χ0v) is 11.1. The lowest BCUT2D eigenvalue weighted by Gasteiger charge is -2.26. The third kappa shape index (κ3) is 1.93. The van der Waals surface area contributed by atoms with E-state index < -0.39 is 6.10 Å². The molecule has 1 aliphatic heterocycles. The van der Waals surface area contributed by atoms with Gasteiger partial charge in [-0.1, -0.05) is 29.5 Å². The summed E-state index contributed by atoms with van der Waals surface area (Å²) >= 11 is 7.09. The molecule has 2 aromatic rings. The third-order valence-electron chi connectivity index (χ3n) is 2.74. The molecule has 0 saturated heterocycles. The van der Waals surface area contributed by atoms with E-state index >= 15 is 0 Å². The normalized spacial score (nSPS) is 17.4. The van der Waals surface area contributed by atoms with Gasteiger partial charge in [0.1, 0.15) is 17.1 Å². The number of aromatic nitrogens is 1. The molecule has 5 nitrogen and oxygen atoms in total. The summed E-state index contributed by atoms with van der Waals surface area (Å²) in [6.45, 7) is 3.56. The lowest BCUT2D eigenvalue weighted by molar-refractivity contribution is 0.0863. The Morgan fingerprint density at radius 1 is 1.68 bits per heavy atom. The van der Waals surface area contributed by atoms with Crippen LogP contribution in [0, 0.1) is 0 Å². The number of carbonyl (C=O) groups is 1. The lowest BCUT2D eigenvalue weighted by atomic mass is 10.1. The molecule has 0 unspecified atom stereocenters. The lowest BCUT2D eigenvalue weighted by Crippen LogP contribution is -2.30. The first-order valence-electron chi connectivity index (χ1n) is 5.35. The largest absolute Gasteiger partial charge is 0.509 e. The van der Waals surface area contributed by atoms with E-state index in [9.17, 15) is 9.90 Å². The summed E-state index contributed by atoms with van der Waals surface area (Å²) in [5.41, 5.74) is 0.860. The molecule has 1 N–H and O–H groups in total. The predicted molar refractivity (Wildman–Crippen MR) is 71.7 cm³/mol. The summed E-state index contributed by atoms with van der Waals surface area (Å²) in [5.74, 6) is 0.740. The molecule has 19 heavy (non-hydrogen) atoms. The van der Waals surface area contributed by atoms with Gasteiger partial charge in [-0.25, -0.2) is 4.98 Å². The third-order valence-corrected chi connectivity index (χ3v) is 3.90. The van der Waals surface area contributed by atoms with Crippen molar-refractivity contribution >= 4 is 39.4 Å². The number of hydrogen-bond donors (Lipinski definition) is 1. The molecule has 1 atom stereocenters. The van der Waals surface area contributed by atoms with E-state index in [0.29, 0.717) is 38.0 Å². The number of aldehydes is 1. The molecule has 0 aliphatic carbocycles. The Kier molecular flexibility index (Phi) is 2.83. The van der Waals surface area contributed by atoms with Crippen LogP contribution in [-0.2, 0) is 0 Å². The number of rotatable bonds is 2. The molecule has 0 fully saturated rings. The molecular formula is C12H8ClNO4S. The highest BCUT2D eigenvalue weighted by molar-refractivity contribution is 7.22. The van der Waals surface area contributed by atoms with Gasteiger partial charge < -0.3 is 14.6 Å². The number of carbonyl (C=O) groups excluding carboxylic acids is 1. The molecule has 1 aromatic heterocycles. The van der Waals surface area contributed by atoms with Gasteiger partial charge in [-0.3, -0.25) is 4.79 Å². The van der Waals surface area contributed by atoms with Gasteiger partial charge in [0.15, 0.2) is 28.4 Å². The van der Waals surface area contributed by atoms with E-state index in [4.69, 9.17) is 21.1 Å². The van der Waals surface area contributed by atoms with Gasteiger partial charge in [-0.15, -0.1) is 0 Å². The van der Waals surface area contributed by atoms with Crippen molar-refractivity contribution in [2.24, 2.45) is 0 Å². The fourth-order valence-electron chi connectivity index (χ4n) is 1.86. The van der Waals surface area contributed by atoms with E-state index in [-0.39, 0.29) is 12.4 Å². The van der Waals surface area contributed by atoms with E-state index in [1.54, 1.807) is 0 Å². The van der Waals surface area contributed by atoms with Gasteiger partial charge in [-0.05, 0) is 6.07 Å². The molecule has 7 heteroatoms. The van der Waals surface area contributed by atoms with Crippen LogP contribution in [0.2, 0.25) is 4.47 Å². The smallest absolute Gasteiger partial charge is 0.188 e. The molecule has 2 heterocycles. The van der Waals surface area contributed by atoms with Crippen LogP contribution in [0.15, 0.2) is 18.4 Å². The van der Waals surface area contributed by atoms with Crippen molar-refractivity contribution in [3.8, 4) is 11.5 Å². The highest BCUT2D eigenvalue weighted by Crippen LogP contribution is 2.44. The second-order valence-corrected chi connectivity index (χ2v) is 5.55. The van der Waals surface area contributed by atoms with Crippen LogP contribution in [0.5, 0.6) is 11.5 Å². The van der Waals surface area contributed by atoms with Crippen LogP contribution in [0.1, 0.15) is 10.4 Å². The number of benzene rings is 1. The van der Waals surface area contributed by atoms with Crippen LogP contribution >= 0.6 is 22.9 Å². The molecule has 0 bridgehead atoms. The van der Waals surface area contributed by atoms with Gasteiger partial charge in [-0.2, -0.15) is 0 Å². The summed E-state index contributed by atoms with van der Waals surface area (Å²) in [5, 5.41) is 9.35. The zero-order chi connectivity index (χ0) is 13.6. The summed E-state index contributed by atoms with van der Waals surface area (Å²) in [6, 6.07) is 1.52. The fraction of sp³-hybridized carbons (Fsp3) is 0.167. The van der Waals surface area contributed by atoms with Crippen LogP contribution < -0.4 is 9.47 Å². The summed E-state index contributed by atoms with van der Waals surface area (Å²) in [7, 11) is 0. The summed E-state index contributed by atoms with van der Waals surface area (Å²) < 4.78 is 12.1. The molecule has 0 spiro atoms. The molecule has 0 radical (unpaired) electrons. The fourth-order valence-corrected chi connectivity index (χ4v) is 2.99. The molecule has 3 rings (SSSR count). The molecule has 1 aromatic carbocycles. The Bertz CT molecular complexity index is 697. The first-order chi connectivity index (χ1) is 9.10. The zero-order valence-electron chi connectivity index (χ0n) is 9.55. The average molecular weight is 298 g/mol. The van der Waals surface area contributed by atoms with E-state index in [1.165, 1.54) is 17.4 Å². The average Bonchev–Trinajstić information content (AvgIpc) is 2.78. The van der Waals surface area contributed by atoms with Crippen molar-refractivity contribution in [2.45, 2.75) is 6.10 Å². The van der Waals surface area contributed by atoms with Crippen LogP contribution in [0.3, 0.4) is 0 Å². The first-order valence-corrected chi connectivity index (χ1v) is 6.55. The molecular weight excluding hydrogens is 290 g/mol. The Morgan fingerprint density at radius 3 is 3.16 bits per heavy atom. The highest BCUT2D eigenvalue weighted by Gasteiger charge is 2.27. The monoisotopic (exact) mass is 297 g/mol. The number of fused-ring (bicyclic) bond motifs is 3. The van der Waals surface area contributed by atoms with Crippen molar-refractivity contribution in [1.82, 2.24) is 4.98 Å². The Hall–Kier alpha value is -1.79. The Morgan fingerprint density at radius 2 is 2.47 bits per heavy atom. The Balaban J connectivity index is 2.20. The van der Waals surface area contributed by atoms with E-state index in [1.807, 2.05) is 0 Å². The van der Waals surface area contributed by atoms with Crippen molar-refractivity contribution in [3.63, 3.8) is 0 Å². The maximum absolute atomic E-state index is 11.1. The quantitative estimate of drug-likeness (QED) is 0.682. The van der Waals surface area contributed by atoms with Crippen molar-refractivity contribution in [1.29, 1.82) is 0 Å². The van der Waals surface area contributed by atoms with Gasteiger partial charge in [0.25, 0.3) is 0 Å². The summed E-state index contributed by atoms with van der Waals surface area (Å²) in [6.07, 6.45) is 0.0344. The number of aliphatic hydroxyl groups is 1. The minimum absolute atomic E-state index is 0.124. The maximum Gasteiger partial charge on any atom is 0.188 e. The SMILES string of the molecule is C=C(O)[C@H]1COc2c(cc(C=O)c3nc(Cl)sc23)O1. The molecule has 98 valence electrons. The van der Waals surface area contributed by atoms with Gasteiger partial charge in [0, 0.05) is 5.56 Å². The number of ether oxygens (including phenoxy) is 2. The van der Waals surface area contributed by atoms with E-state index in [2.05, 4.69) is 11.6 Å². The molecule has 1 aliphatic rings. The van der Waals surface area contributed by atoms with Crippen LogP contribution in [0.4, 0.5) is 0 Å². The predicted octanol–water partition coefficient (Wildman–Crippen LogP) is 2.97. The number of hydrogen-bond acceptors (Lipinski definition) is 6. The van der Waals surface area contributed by atoms with Crippen molar-refractivity contribution < 1.29 is 19.4 Å². The number of halogens is 1. The minimum Gasteiger partial charge on any atom is -0.509 e. The number of thiazole rings is 1. The van der Waals surface area contributed by atoms with Gasteiger partial charge >= 0.3 is 0 Å². The Labute approximate surface area is 117 Å². The maximum atomic E-state index is 11.1. The summed E-state index contributed by atoms with van der Waals surface area (Å²) in [4.78, 5) is 15.2. The number of aliphatic hydroxyl groups excluding tert-OH is 1. The van der Waals surface area contributed by atoms with Crippen LogP contribution in [0.25, 0.3) is 10.2 Å². The van der Waals surface area contributed by atoms with Crippen LogP contribution in [-0.4, -0.2) is 29.1 Å². The number of nitrogens with zero attached hydrogens (tertiary/aromatic N) is 1. The standard InChI is InChI=1S/C12H8ClNO4S/c1-5(16)8-4-17-10-7(18-8)2-6(3-15)9-11(10)19-12(13)14-9/h2-3,8,16H,1,4H2/t8-/m1/s1. The molecule has 0 saturated carbocycles. The second kappa shape index (κ2) is 4.40. The van der Waals surface area contributed by atoms with E-state index in [0.717, 1.165) is 0 Å². The van der Waals surface area contributed by atoms with Crippen molar-refractivity contribution in [2.75, 3.05) is 6.61 Å². The van der Waals surface area contributed by atoms with Gasteiger partial charge in [0.2, 0.25) is 0 Å².